The molecule has 8 aliphatic rings. The van der Waals surface area contributed by atoms with Gasteiger partial charge in [0.25, 0.3) is 0 Å². The Kier molecular flexibility index (Phi) is 4.85. The zero-order valence-electron chi connectivity index (χ0n) is 19.6. The van der Waals surface area contributed by atoms with Crippen LogP contribution in [0.3, 0.4) is 0 Å². The van der Waals surface area contributed by atoms with Crippen LogP contribution in [0.25, 0.3) is 0 Å². The average molecular weight is 443 g/mol. The molecule has 0 N–H and O–H groups in total. The van der Waals surface area contributed by atoms with Gasteiger partial charge in [0, 0.05) is 17.4 Å². The van der Waals surface area contributed by atoms with Gasteiger partial charge in [0.2, 0.25) is 0 Å². The molecule has 0 saturated heterocycles. The van der Waals surface area contributed by atoms with E-state index < -0.39 is 11.0 Å². The summed E-state index contributed by atoms with van der Waals surface area (Å²) in [5.74, 6) is 3.77. The van der Waals surface area contributed by atoms with Crippen LogP contribution in [0.1, 0.15) is 78.1 Å². The summed E-state index contributed by atoms with van der Waals surface area (Å²) in [7, 11) is 0. The average Bonchev–Trinajstić information content (AvgIpc) is 2.73. The lowest BCUT2D eigenvalue weighted by molar-refractivity contribution is -0.230. The van der Waals surface area contributed by atoms with E-state index in [0.29, 0.717) is 23.3 Å². The zero-order chi connectivity index (χ0) is 22.3. The van der Waals surface area contributed by atoms with Crippen LogP contribution < -0.4 is 0 Å². The van der Waals surface area contributed by atoms with Crippen molar-refractivity contribution in [3.8, 4) is 0 Å². The van der Waals surface area contributed by atoms with Crippen LogP contribution in [0.15, 0.2) is 12.2 Å². The highest BCUT2D eigenvalue weighted by Gasteiger charge is 2.65. The van der Waals surface area contributed by atoms with Crippen LogP contribution in [0.2, 0.25) is 0 Å². The number of rotatable bonds is 6. The fourth-order valence-corrected chi connectivity index (χ4v) is 9.36. The van der Waals surface area contributed by atoms with Gasteiger partial charge in [-0.15, -0.1) is 0 Å². The third kappa shape index (κ3) is 3.20. The molecule has 8 aliphatic carbocycles. The summed E-state index contributed by atoms with van der Waals surface area (Å²) in [6, 6.07) is 0. The van der Waals surface area contributed by atoms with E-state index in [4.69, 9.17) is 14.2 Å². The van der Waals surface area contributed by atoms with Crippen molar-refractivity contribution in [1.82, 2.24) is 0 Å². The number of carbonyl (C=O) groups excluding carboxylic acids is 2. The van der Waals surface area contributed by atoms with E-state index >= 15 is 0 Å². The smallest absolute Gasteiger partial charge is 0.333 e. The number of hydrogen-bond acceptors (Lipinski definition) is 5. The largest absolute Gasteiger partial charge is 0.455 e. The summed E-state index contributed by atoms with van der Waals surface area (Å²) >= 11 is 0. The van der Waals surface area contributed by atoms with Crippen LogP contribution in [-0.2, 0) is 23.8 Å². The lowest BCUT2D eigenvalue weighted by Gasteiger charge is -2.62. The summed E-state index contributed by atoms with van der Waals surface area (Å²) < 4.78 is 18.1. The molecule has 2 unspecified atom stereocenters. The molecule has 32 heavy (non-hydrogen) atoms. The van der Waals surface area contributed by atoms with Gasteiger partial charge >= 0.3 is 11.9 Å². The molecule has 0 aromatic heterocycles. The topological polar surface area (TPSA) is 61.8 Å². The van der Waals surface area contributed by atoms with Crippen molar-refractivity contribution in [2.24, 2.45) is 46.8 Å². The first-order valence-electron chi connectivity index (χ1n) is 12.9. The second-order valence-corrected chi connectivity index (χ2v) is 12.6. The highest BCUT2D eigenvalue weighted by molar-refractivity contribution is 5.87. The number of ether oxygens (including phenoxy) is 3. The van der Waals surface area contributed by atoms with Gasteiger partial charge in [0.15, 0.2) is 6.79 Å². The van der Waals surface area contributed by atoms with Gasteiger partial charge < -0.3 is 14.2 Å². The normalized spacial score (nSPS) is 49.8. The third-order valence-corrected chi connectivity index (χ3v) is 10.5. The quantitative estimate of drug-likeness (QED) is 0.328. The van der Waals surface area contributed by atoms with Crippen LogP contribution in [0.5, 0.6) is 0 Å². The number of carbonyl (C=O) groups is 2. The predicted molar refractivity (Wildman–Crippen MR) is 118 cm³/mol. The second-order valence-electron chi connectivity index (χ2n) is 12.6. The van der Waals surface area contributed by atoms with E-state index in [0.717, 1.165) is 43.9 Å². The molecule has 0 aromatic rings. The van der Waals surface area contributed by atoms with E-state index in [2.05, 4.69) is 13.5 Å². The van der Waals surface area contributed by atoms with Crippen LogP contribution >= 0.6 is 0 Å². The summed E-state index contributed by atoms with van der Waals surface area (Å²) in [4.78, 5) is 25.7. The van der Waals surface area contributed by atoms with Gasteiger partial charge in [0.05, 0.1) is 11.5 Å². The molecular formula is C27H38O5. The molecule has 0 radical (unpaired) electrons. The fraction of sp³-hybridized carbons (Fsp3) is 0.852. The molecule has 0 heterocycles. The van der Waals surface area contributed by atoms with E-state index in [1.807, 2.05) is 0 Å². The molecule has 8 fully saturated rings. The minimum atomic E-state index is -0.492. The lowest BCUT2D eigenvalue weighted by atomic mass is 9.45. The Morgan fingerprint density at radius 3 is 2.03 bits per heavy atom. The zero-order valence-corrected chi connectivity index (χ0v) is 19.6. The Morgan fingerprint density at radius 2 is 1.47 bits per heavy atom. The first-order valence-corrected chi connectivity index (χ1v) is 12.9. The first-order chi connectivity index (χ1) is 15.3. The molecule has 0 amide bonds. The molecule has 5 nitrogen and oxygen atoms in total. The summed E-state index contributed by atoms with van der Waals surface area (Å²) in [6.45, 7) is 7.63. The second kappa shape index (κ2) is 7.32. The molecule has 8 bridgehead atoms. The molecular weight excluding hydrogens is 404 g/mol. The standard InChI is InChI=1S/C27H38O5/c1-15(2)24(28)32-26(3)21-9-18-10-22(26)13-27(11-18,12-21)25(29)31-14-30-23-19-5-16-4-17(7-19)8-20(23)6-16/h16-23H,1,4-14H2,2-3H3. The van der Waals surface area contributed by atoms with E-state index in [-0.39, 0.29) is 36.7 Å². The van der Waals surface area contributed by atoms with Gasteiger partial charge in [-0.1, -0.05) is 6.58 Å². The SMILES string of the molecule is C=C(C)C(=O)OC1(C)C2CC3CC1CC(C(=O)OCOC1C4CC5CC(C4)CC1C5)(C3)C2. The Labute approximate surface area is 191 Å². The molecule has 0 aliphatic heterocycles. The molecule has 0 spiro atoms. The molecule has 5 heteroatoms. The lowest BCUT2D eigenvalue weighted by Crippen LogP contribution is -2.63. The van der Waals surface area contributed by atoms with Crippen LogP contribution in [0, 0.1) is 46.8 Å². The van der Waals surface area contributed by atoms with Gasteiger partial charge in [-0.3, -0.25) is 4.79 Å². The summed E-state index contributed by atoms with van der Waals surface area (Å²) in [6.07, 6.45) is 11.5. The monoisotopic (exact) mass is 442 g/mol. The Hall–Kier alpha value is -1.36. The number of hydrogen-bond donors (Lipinski definition) is 0. The van der Waals surface area contributed by atoms with Crippen molar-refractivity contribution < 1.29 is 23.8 Å². The number of esters is 2. The maximum absolute atomic E-state index is 13.4. The van der Waals surface area contributed by atoms with Crippen molar-refractivity contribution in [1.29, 1.82) is 0 Å². The minimum Gasteiger partial charge on any atom is -0.455 e. The van der Waals surface area contributed by atoms with Crippen LogP contribution in [-0.4, -0.2) is 30.4 Å². The highest BCUT2D eigenvalue weighted by Crippen LogP contribution is 2.65. The van der Waals surface area contributed by atoms with Crippen molar-refractivity contribution in [2.75, 3.05) is 6.79 Å². The molecule has 8 saturated carbocycles. The van der Waals surface area contributed by atoms with Crippen molar-refractivity contribution in [3.63, 3.8) is 0 Å². The van der Waals surface area contributed by atoms with E-state index in [1.54, 1.807) is 6.92 Å². The van der Waals surface area contributed by atoms with Crippen molar-refractivity contribution in [3.05, 3.63) is 12.2 Å². The van der Waals surface area contributed by atoms with Gasteiger partial charge in [-0.2, -0.15) is 0 Å². The van der Waals surface area contributed by atoms with Crippen molar-refractivity contribution >= 4 is 11.9 Å². The Morgan fingerprint density at radius 1 is 0.875 bits per heavy atom. The Bertz CT molecular complexity index is 786. The minimum absolute atomic E-state index is 0.0750. The maximum atomic E-state index is 13.4. The van der Waals surface area contributed by atoms with Gasteiger partial charge in [0.1, 0.15) is 5.60 Å². The maximum Gasteiger partial charge on any atom is 0.333 e. The summed E-state index contributed by atoms with van der Waals surface area (Å²) in [5.41, 5.74) is -0.469. The molecule has 0 aromatic carbocycles. The molecule has 2 atom stereocenters. The van der Waals surface area contributed by atoms with Crippen LogP contribution in [0.4, 0.5) is 0 Å². The summed E-state index contributed by atoms with van der Waals surface area (Å²) in [5, 5.41) is 0. The Balaban J connectivity index is 1.09. The first kappa shape index (κ1) is 21.2. The predicted octanol–water partition coefficient (Wildman–Crippen LogP) is 5.03. The van der Waals surface area contributed by atoms with E-state index in [9.17, 15) is 9.59 Å². The highest BCUT2D eigenvalue weighted by atomic mass is 16.7. The van der Waals surface area contributed by atoms with Gasteiger partial charge in [-0.05, 0) is 108 Å². The van der Waals surface area contributed by atoms with Crippen molar-refractivity contribution in [2.45, 2.75) is 89.8 Å². The fourth-order valence-electron chi connectivity index (χ4n) is 9.36. The molecule has 8 rings (SSSR count). The third-order valence-electron chi connectivity index (χ3n) is 10.5. The van der Waals surface area contributed by atoms with E-state index in [1.165, 1.54) is 32.1 Å². The molecule has 176 valence electrons. The van der Waals surface area contributed by atoms with Gasteiger partial charge in [-0.25, -0.2) is 4.79 Å².